The van der Waals surface area contributed by atoms with Crippen LogP contribution in [0.15, 0.2) is 21.1 Å². The predicted molar refractivity (Wildman–Crippen MR) is 79.0 cm³/mol. The summed E-state index contributed by atoms with van der Waals surface area (Å²) in [6.45, 7) is 3.55. The molecule has 0 aliphatic carbocycles. The summed E-state index contributed by atoms with van der Waals surface area (Å²) in [4.78, 5) is 12.1. The fourth-order valence-corrected chi connectivity index (χ4v) is 3.02. The van der Waals surface area contributed by atoms with Gasteiger partial charge in [-0.25, -0.2) is 4.79 Å². The highest BCUT2D eigenvalue weighted by molar-refractivity contribution is 9.11. The summed E-state index contributed by atoms with van der Waals surface area (Å²) in [7, 11) is 0. The van der Waals surface area contributed by atoms with Gasteiger partial charge < -0.3 is 18.9 Å². The molecule has 5 nitrogen and oxygen atoms in total. The lowest BCUT2D eigenvalue weighted by molar-refractivity contribution is -0.186. The van der Waals surface area contributed by atoms with Gasteiger partial charge in [0.25, 0.3) is 0 Å². The Labute approximate surface area is 133 Å². The average molecular weight is 410 g/mol. The maximum atomic E-state index is 12.1. The lowest BCUT2D eigenvalue weighted by atomic mass is 10.2. The summed E-state index contributed by atoms with van der Waals surface area (Å²) in [6.07, 6.45) is -0.664. The van der Waals surface area contributed by atoms with Crippen LogP contribution in [0.25, 0.3) is 0 Å². The molecule has 1 aromatic rings. The fourth-order valence-electron chi connectivity index (χ4n) is 1.68. The van der Waals surface area contributed by atoms with Gasteiger partial charge in [-0.2, -0.15) is 0 Å². The second-order valence-corrected chi connectivity index (χ2v) is 5.60. The number of carbonyl (C=O) groups excluding carboxylic acids is 1. The number of benzene rings is 1. The summed E-state index contributed by atoms with van der Waals surface area (Å²) in [5.74, 6) is 0.0867. The van der Waals surface area contributed by atoms with Gasteiger partial charge in [-0.15, -0.1) is 0 Å². The number of halogens is 2. The Hall–Kier alpha value is -0.630. The van der Waals surface area contributed by atoms with E-state index in [9.17, 15) is 4.79 Å². The third kappa shape index (κ3) is 3.72. The van der Waals surface area contributed by atoms with Crippen LogP contribution in [0, 0.1) is 0 Å². The molecule has 1 fully saturated rings. The van der Waals surface area contributed by atoms with Crippen molar-refractivity contribution >= 4 is 37.8 Å². The van der Waals surface area contributed by atoms with Gasteiger partial charge in [0.05, 0.1) is 34.3 Å². The normalized spacial score (nSPS) is 18.6. The number of hydrogen-bond donors (Lipinski definition) is 0. The topological polar surface area (TPSA) is 54.0 Å². The van der Waals surface area contributed by atoms with Crippen molar-refractivity contribution in [2.75, 3.05) is 26.4 Å². The molecule has 1 unspecified atom stereocenters. The number of carbonyl (C=O) groups is 1. The van der Waals surface area contributed by atoms with Gasteiger partial charge in [-0.1, -0.05) is 0 Å². The van der Waals surface area contributed by atoms with E-state index in [0.717, 1.165) is 4.47 Å². The van der Waals surface area contributed by atoms with E-state index in [1.807, 2.05) is 6.92 Å². The lowest BCUT2D eigenvalue weighted by Crippen LogP contribution is -2.32. The summed E-state index contributed by atoms with van der Waals surface area (Å²) >= 11 is 6.75. The molecular formula is C13H14Br2O5. The van der Waals surface area contributed by atoms with E-state index in [1.165, 1.54) is 0 Å². The molecule has 1 saturated heterocycles. The van der Waals surface area contributed by atoms with Gasteiger partial charge >= 0.3 is 5.97 Å². The van der Waals surface area contributed by atoms with E-state index in [-0.39, 0.29) is 6.61 Å². The van der Waals surface area contributed by atoms with Crippen LogP contribution in [0.2, 0.25) is 0 Å². The van der Waals surface area contributed by atoms with Crippen molar-refractivity contribution in [1.82, 2.24) is 0 Å². The van der Waals surface area contributed by atoms with Crippen LogP contribution in [0.1, 0.15) is 17.3 Å². The standard InChI is InChI=1S/C13H14Br2O5/c1-2-18-12-9(14)4-3-8(11(12)15)13(16)20-10-7-17-5-6-19-10/h3-4,10H,2,5-7H2,1H3. The maximum absolute atomic E-state index is 12.1. The Kier molecular flexibility index (Phi) is 5.83. The monoisotopic (exact) mass is 408 g/mol. The SMILES string of the molecule is CCOc1c(Br)ccc(C(=O)OC2COCCO2)c1Br. The van der Waals surface area contributed by atoms with Gasteiger partial charge in [-0.3, -0.25) is 0 Å². The zero-order valence-electron chi connectivity index (χ0n) is 10.9. The average Bonchev–Trinajstić information content (AvgIpc) is 2.44. The van der Waals surface area contributed by atoms with E-state index in [0.29, 0.717) is 35.6 Å². The molecule has 20 heavy (non-hydrogen) atoms. The van der Waals surface area contributed by atoms with Crippen LogP contribution in [-0.2, 0) is 14.2 Å². The third-order valence-corrected chi connectivity index (χ3v) is 3.99. The first kappa shape index (κ1) is 15.8. The third-order valence-electron chi connectivity index (χ3n) is 2.58. The molecule has 0 aromatic heterocycles. The van der Waals surface area contributed by atoms with Gasteiger partial charge in [0, 0.05) is 0 Å². The summed E-state index contributed by atoms with van der Waals surface area (Å²) in [5.41, 5.74) is 0.380. The minimum atomic E-state index is -0.664. The molecule has 0 amide bonds. The Morgan fingerprint density at radius 3 is 2.85 bits per heavy atom. The fraction of sp³-hybridized carbons (Fsp3) is 0.462. The van der Waals surface area contributed by atoms with E-state index in [2.05, 4.69) is 31.9 Å². The molecular weight excluding hydrogens is 396 g/mol. The molecule has 1 aromatic carbocycles. The first-order chi connectivity index (χ1) is 9.63. The molecule has 7 heteroatoms. The molecule has 0 N–H and O–H groups in total. The van der Waals surface area contributed by atoms with Crippen molar-refractivity contribution < 1.29 is 23.7 Å². The van der Waals surface area contributed by atoms with Crippen LogP contribution >= 0.6 is 31.9 Å². The molecule has 1 aliphatic heterocycles. The minimum Gasteiger partial charge on any atom is -0.491 e. The maximum Gasteiger partial charge on any atom is 0.341 e. The molecule has 0 bridgehead atoms. The summed E-state index contributed by atoms with van der Waals surface area (Å²) < 4.78 is 22.5. The zero-order chi connectivity index (χ0) is 14.5. The zero-order valence-corrected chi connectivity index (χ0v) is 14.0. The Morgan fingerprint density at radius 2 is 2.20 bits per heavy atom. The van der Waals surface area contributed by atoms with E-state index < -0.39 is 12.3 Å². The van der Waals surface area contributed by atoms with E-state index >= 15 is 0 Å². The van der Waals surface area contributed by atoms with Crippen molar-refractivity contribution in [3.05, 3.63) is 26.6 Å². The number of esters is 1. The molecule has 0 spiro atoms. The first-order valence-corrected chi connectivity index (χ1v) is 7.73. The van der Waals surface area contributed by atoms with Crippen LogP contribution in [-0.4, -0.2) is 38.7 Å². The summed E-state index contributed by atoms with van der Waals surface area (Å²) in [5, 5.41) is 0. The van der Waals surface area contributed by atoms with Crippen LogP contribution in [0.4, 0.5) is 0 Å². The Balaban J connectivity index is 2.14. The second kappa shape index (κ2) is 7.40. The highest BCUT2D eigenvalue weighted by Gasteiger charge is 2.23. The number of ether oxygens (including phenoxy) is 4. The molecule has 1 atom stereocenters. The Morgan fingerprint density at radius 1 is 1.40 bits per heavy atom. The van der Waals surface area contributed by atoms with E-state index in [1.54, 1.807) is 12.1 Å². The molecule has 110 valence electrons. The van der Waals surface area contributed by atoms with Crippen LogP contribution in [0.3, 0.4) is 0 Å². The van der Waals surface area contributed by atoms with Crippen molar-refractivity contribution in [3.8, 4) is 5.75 Å². The Bertz CT molecular complexity index is 486. The van der Waals surface area contributed by atoms with Gasteiger partial charge in [0.2, 0.25) is 6.29 Å². The molecule has 0 saturated carbocycles. The molecule has 1 heterocycles. The van der Waals surface area contributed by atoms with Crippen LogP contribution < -0.4 is 4.74 Å². The van der Waals surface area contributed by atoms with Gasteiger partial charge in [-0.05, 0) is 50.9 Å². The van der Waals surface area contributed by atoms with E-state index in [4.69, 9.17) is 18.9 Å². The molecule has 2 rings (SSSR count). The predicted octanol–water partition coefficient (Wildman–Crippen LogP) is 3.14. The van der Waals surface area contributed by atoms with Crippen molar-refractivity contribution in [3.63, 3.8) is 0 Å². The quantitative estimate of drug-likeness (QED) is 0.715. The van der Waals surface area contributed by atoms with Crippen molar-refractivity contribution in [1.29, 1.82) is 0 Å². The van der Waals surface area contributed by atoms with Crippen LogP contribution in [0.5, 0.6) is 5.75 Å². The number of hydrogen-bond acceptors (Lipinski definition) is 5. The minimum absolute atomic E-state index is 0.248. The second-order valence-electron chi connectivity index (χ2n) is 3.95. The molecule has 0 radical (unpaired) electrons. The summed E-state index contributed by atoms with van der Waals surface area (Å²) in [6, 6.07) is 3.40. The molecule has 1 aliphatic rings. The van der Waals surface area contributed by atoms with Gasteiger partial charge in [0.15, 0.2) is 0 Å². The van der Waals surface area contributed by atoms with Gasteiger partial charge in [0.1, 0.15) is 12.4 Å². The highest BCUT2D eigenvalue weighted by Crippen LogP contribution is 2.36. The smallest absolute Gasteiger partial charge is 0.341 e. The highest BCUT2D eigenvalue weighted by atomic mass is 79.9. The van der Waals surface area contributed by atoms with Crippen molar-refractivity contribution in [2.45, 2.75) is 13.2 Å². The number of rotatable bonds is 4. The largest absolute Gasteiger partial charge is 0.491 e. The first-order valence-electron chi connectivity index (χ1n) is 6.14. The van der Waals surface area contributed by atoms with Crippen molar-refractivity contribution in [2.24, 2.45) is 0 Å². The lowest BCUT2D eigenvalue weighted by Gasteiger charge is -2.23.